The minimum atomic E-state index is -0.640. The van der Waals surface area contributed by atoms with Crippen LogP contribution >= 0.6 is 11.8 Å². The molecule has 156 valence electrons. The molecular formula is C18H23FN6O3S. The summed E-state index contributed by atoms with van der Waals surface area (Å²) in [6.07, 6.45) is 0. The number of amides is 2. The third-order valence-corrected chi connectivity index (χ3v) is 4.81. The van der Waals surface area contributed by atoms with Gasteiger partial charge in [-0.25, -0.2) is 4.39 Å². The Bertz CT molecular complexity index is 956. The van der Waals surface area contributed by atoms with E-state index in [0.717, 1.165) is 16.4 Å². The average Bonchev–Trinajstić information content (AvgIpc) is 2.64. The monoisotopic (exact) mass is 422 g/mol. The van der Waals surface area contributed by atoms with Crippen molar-refractivity contribution in [1.29, 1.82) is 0 Å². The van der Waals surface area contributed by atoms with Crippen LogP contribution in [0.2, 0.25) is 0 Å². The molecule has 3 N–H and O–H groups in total. The fraction of sp³-hybridized carbons (Fsp3) is 0.389. The lowest BCUT2D eigenvalue weighted by Gasteiger charge is -2.35. The predicted octanol–water partition coefficient (Wildman–Crippen LogP) is 1.16. The maximum Gasteiger partial charge on any atom is 0.294 e. The number of halogens is 1. The fourth-order valence-electron chi connectivity index (χ4n) is 2.35. The Labute approximate surface area is 171 Å². The van der Waals surface area contributed by atoms with Gasteiger partial charge in [0.2, 0.25) is 17.0 Å². The van der Waals surface area contributed by atoms with Gasteiger partial charge in [0.1, 0.15) is 18.1 Å². The van der Waals surface area contributed by atoms with Gasteiger partial charge < -0.3 is 16.1 Å². The van der Waals surface area contributed by atoms with E-state index in [2.05, 4.69) is 15.5 Å². The van der Waals surface area contributed by atoms with E-state index in [9.17, 15) is 18.8 Å². The Morgan fingerprint density at radius 3 is 2.45 bits per heavy atom. The van der Waals surface area contributed by atoms with E-state index in [1.54, 1.807) is 20.8 Å². The number of hydrogen-bond donors (Lipinski definition) is 2. The Hall–Kier alpha value is -2.95. The minimum Gasteiger partial charge on any atom is -0.334 e. The molecule has 2 aromatic rings. The van der Waals surface area contributed by atoms with Crippen LogP contribution in [0.4, 0.5) is 10.1 Å². The van der Waals surface area contributed by atoms with Crippen LogP contribution in [-0.4, -0.2) is 49.4 Å². The Kier molecular flexibility index (Phi) is 6.96. The first-order chi connectivity index (χ1) is 13.5. The Balaban J connectivity index is 2.06. The van der Waals surface area contributed by atoms with E-state index in [0.29, 0.717) is 5.69 Å². The quantitative estimate of drug-likeness (QED) is 0.529. The largest absolute Gasteiger partial charge is 0.334 e. The maximum absolute atomic E-state index is 13.0. The van der Waals surface area contributed by atoms with Crippen LogP contribution in [0, 0.1) is 12.7 Å². The second kappa shape index (κ2) is 9.03. The van der Waals surface area contributed by atoms with Crippen molar-refractivity contribution >= 4 is 29.3 Å². The predicted molar refractivity (Wildman–Crippen MR) is 108 cm³/mol. The molecule has 1 heterocycles. The molecule has 1 aromatic carbocycles. The molecule has 0 atom stereocenters. The minimum absolute atomic E-state index is 0.0878. The lowest BCUT2D eigenvalue weighted by molar-refractivity contribution is -0.137. The number of thioether (sulfide) groups is 1. The highest BCUT2D eigenvalue weighted by molar-refractivity contribution is 7.99. The molecule has 0 unspecified atom stereocenters. The number of aromatic nitrogens is 3. The normalized spacial score (nSPS) is 11.2. The molecule has 1 aromatic heterocycles. The summed E-state index contributed by atoms with van der Waals surface area (Å²) in [5.41, 5.74) is -0.563. The van der Waals surface area contributed by atoms with Gasteiger partial charge in [0.15, 0.2) is 0 Å². The molecule has 0 bridgehead atoms. The van der Waals surface area contributed by atoms with Crippen molar-refractivity contribution in [2.45, 2.75) is 38.4 Å². The summed E-state index contributed by atoms with van der Waals surface area (Å²) in [5.74, 6) is 4.41. The summed E-state index contributed by atoms with van der Waals surface area (Å²) in [5, 5.41) is 10.3. The van der Waals surface area contributed by atoms with Crippen LogP contribution in [0.15, 0.2) is 34.2 Å². The zero-order valence-electron chi connectivity index (χ0n) is 16.6. The molecule has 2 rings (SSSR count). The summed E-state index contributed by atoms with van der Waals surface area (Å²) in [4.78, 5) is 38.4. The number of carbonyl (C=O) groups excluding carboxylic acids is 2. The van der Waals surface area contributed by atoms with Crippen molar-refractivity contribution < 1.29 is 14.0 Å². The number of benzene rings is 1. The standard InChI is InChI=1S/C18H23FN6O3S/c1-11-16(28)25(20)17(23-22-11)29-10-15(27)24(18(2,3)4)9-14(26)21-13-7-5-12(19)6-8-13/h5-8H,9-10,20H2,1-4H3,(H,21,26). The summed E-state index contributed by atoms with van der Waals surface area (Å²) >= 11 is 0.955. The second-order valence-electron chi connectivity index (χ2n) is 7.24. The number of nitrogens with zero attached hydrogens (tertiary/aromatic N) is 4. The highest BCUT2D eigenvalue weighted by atomic mass is 32.2. The van der Waals surface area contributed by atoms with Crippen molar-refractivity contribution in [1.82, 2.24) is 19.8 Å². The van der Waals surface area contributed by atoms with Crippen molar-refractivity contribution in [3.8, 4) is 0 Å². The van der Waals surface area contributed by atoms with Crippen LogP contribution in [0.25, 0.3) is 0 Å². The summed E-state index contributed by atoms with van der Waals surface area (Å²) in [7, 11) is 0. The first kappa shape index (κ1) is 22.3. The molecule has 0 aliphatic carbocycles. The van der Waals surface area contributed by atoms with Crippen LogP contribution in [0.3, 0.4) is 0 Å². The van der Waals surface area contributed by atoms with Crippen LogP contribution in [0.1, 0.15) is 26.5 Å². The lowest BCUT2D eigenvalue weighted by Crippen LogP contribution is -2.50. The van der Waals surface area contributed by atoms with E-state index in [4.69, 9.17) is 5.84 Å². The SMILES string of the molecule is Cc1nnc(SCC(=O)N(CC(=O)Nc2ccc(F)cc2)C(C)(C)C)n(N)c1=O. The molecule has 0 aliphatic rings. The van der Waals surface area contributed by atoms with Crippen LogP contribution in [-0.2, 0) is 9.59 Å². The highest BCUT2D eigenvalue weighted by Gasteiger charge is 2.28. The number of aryl methyl sites for hydroxylation is 1. The highest BCUT2D eigenvalue weighted by Crippen LogP contribution is 2.18. The number of nitrogens with one attached hydrogen (secondary N) is 1. The molecule has 11 heteroatoms. The summed E-state index contributed by atoms with van der Waals surface area (Å²) in [6, 6.07) is 5.33. The molecule has 9 nitrogen and oxygen atoms in total. The van der Waals surface area contributed by atoms with E-state index in [-0.39, 0.29) is 29.1 Å². The van der Waals surface area contributed by atoms with Gasteiger partial charge in [-0.05, 0) is 52.0 Å². The van der Waals surface area contributed by atoms with Gasteiger partial charge in [0, 0.05) is 11.2 Å². The van der Waals surface area contributed by atoms with E-state index >= 15 is 0 Å². The number of rotatable bonds is 6. The molecular weight excluding hydrogens is 399 g/mol. The molecule has 29 heavy (non-hydrogen) atoms. The zero-order chi connectivity index (χ0) is 21.8. The van der Waals surface area contributed by atoms with Crippen molar-refractivity contribution in [3.05, 3.63) is 46.1 Å². The van der Waals surface area contributed by atoms with E-state index in [1.807, 2.05) is 0 Å². The van der Waals surface area contributed by atoms with Gasteiger partial charge in [0.05, 0.1) is 5.75 Å². The Morgan fingerprint density at radius 1 is 1.24 bits per heavy atom. The van der Waals surface area contributed by atoms with Crippen LogP contribution < -0.4 is 16.7 Å². The number of nitrogen functional groups attached to an aromatic ring is 1. The number of hydrogen-bond acceptors (Lipinski definition) is 7. The van der Waals surface area contributed by atoms with Gasteiger partial charge in [-0.2, -0.15) is 4.68 Å². The summed E-state index contributed by atoms with van der Waals surface area (Å²) in [6.45, 7) is 6.68. The average molecular weight is 422 g/mol. The lowest BCUT2D eigenvalue weighted by atomic mass is 10.1. The molecule has 0 radical (unpaired) electrons. The van der Waals surface area contributed by atoms with Crippen molar-refractivity contribution in [2.24, 2.45) is 0 Å². The molecule has 0 aliphatic heterocycles. The fourth-order valence-corrected chi connectivity index (χ4v) is 3.08. The molecule has 0 spiro atoms. The van der Waals surface area contributed by atoms with E-state index in [1.165, 1.54) is 36.1 Å². The molecule has 0 saturated carbocycles. The first-order valence-electron chi connectivity index (χ1n) is 8.69. The van der Waals surface area contributed by atoms with Gasteiger partial charge in [0.25, 0.3) is 5.56 Å². The number of anilines is 1. The topological polar surface area (TPSA) is 123 Å². The summed E-state index contributed by atoms with van der Waals surface area (Å²) < 4.78 is 13.8. The third kappa shape index (κ3) is 6.01. The molecule has 2 amide bonds. The zero-order valence-corrected chi connectivity index (χ0v) is 17.4. The van der Waals surface area contributed by atoms with Crippen LogP contribution in [0.5, 0.6) is 0 Å². The van der Waals surface area contributed by atoms with Gasteiger partial charge >= 0.3 is 0 Å². The number of nitrogens with two attached hydrogens (primary N) is 1. The van der Waals surface area contributed by atoms with Crippen molar-refractivity contribution in [2.75, 3.05) is 23.5 Å². The first-order valence-corrected chi connectivity index (χ1v) is 9.67. The van der Waals surface area contributed by atoms with Gasteiger partial charge in [-0.3, -0.25) is 14.4 Å². The maximum atomic E-state index is 13.0. The van der Waals surface area contributed by atoms with E-state index < -0.39 is 22.8 Å². The van der Waals surface area contributed by atoms with Gasteiger partial charge in [-0.15, -0.1) is 10.2 Å². The molecule has 0 fully saturated rings. The Morgan fingerprint density at radius 2 is 1.86 bits per heavy atom. The number of carbonyl (C=O) groups is 2. The second-order valence-corrected chi connectivity index (χ2v) is 8.18. The van der Waals surface area contributed by atoms with Crippen molar-refractivity contribution in [3.63, 3.8) is 0 Å². The smallest absolute Gasteiger partial charge is 0.294 e. The molecule has 0 saturated heterocycles. The third-order valence-electron chi connectivity index (χ3n) is 3.89. The van der Waals surface area contributed by atoms with Gasteiger partial charge in [-0.1, -0.05) is 11.8 Å².